The van der Waals surface area contributed by atoms with E-state index in [1.165, 1.54) is 5.56 Å². The molecular formula is C11H15FN2. The Labute approximate surface area is 83.7 Å². The maximum absolute atomic E-state index is 12.7. The zero-order valence-corrected chi connectivity index (χ0v) is 8.55. The number of nitrogens with zero attached hydrogens (tertiary/aromatic N) is 1. The van der Waals surface area contributed by atoms with E-state index in [0.717, 1.165) is 11.4 Å². The fourth-order valence-electron chi connectivity index (χ4n) is 1.79. The molecule has 3 heteroatoms. The number of aryl methyl sites for hydroxylation is 1. The summed E-state index contributed by atoms with van der Waals surface area (Å²) in [4.78, 5) is 2.07. The first-order valence-electron chi connectivity index (χ1n) is 4.88. The van der Waals surface area contributed by atoms with Crippen LogP contribution in [0.5, 0.6) is 0 Å². The van der Waals surface area contributed by atoms with E-state index >= 15 is 0 Å². The Morgan fingerprint density at radius 3 is 2.64 bits per heavy atom. The highest BCUT2D eigenvalue weighted by molar-refractivity contribution is 5.61. The lowest BCUT2D eigenvalue weighted by Crippen LogP contribution is -2.48. The molecule has 0 aromatic heterocycles. The number of alkyl halides is 1. The summed E-state index contributed by atoms with van der Waals surface area (Å²) < 4.78 is 12.7. The average Bonchev–Trinajstić information content (AvgIpc) is 2.13. The molecule has 2 nitrogen and oxygen atoms in total. The summed E-state index contributed by atoms with van der Waals surface area (Å²) in [5, 5.41) is 3.09. The van der Waals surface area contributed by atoms with Crippen LogP contribution in [0.1, 0.15) is 5.56 Å². The quantitative estimate of drug-likeness (QED) is 0.776. The molecule has 1 aromatic carbocycles. The van der Waals surface area contributed by atoms with E-state index in [1.54, 1.807) is 0 Å². The normalized spacial score (nSPS) is 16.6. The van der Waals surface area contributed by atoms with Gasteiger partial charge in [0.15, 0.2) is 0 Å². The van der Waals surface area contributed by atoms with Gasteiger partial charge in [-0.05, 0) is 30.7 Å². The number of benzene rings is 1. The molecule has 1 fully saturated rings. The minimum Gasteiger partial charge on any atom is -0.388 e. The Kier molecular flexibility index (Phi) is 2.32. The Morgan fingerprint density at radius 2 is 2.14 bits per heavy atom. The molecule has 0 bridgehead atoms. The van der Waals surface area contributed by atoms with Crippen LogP contribution in [-0.2, 0) is 0 Å². The SMILES string of the molecule is CNc1ccc(N2CC(F)C2)c(C)c1. The fourth-order valence-corrected chi connectivity index (χ4v) is 1.79. The highest BCUT2D eigenvalue weighted by Gasteiger charge is 2.26. The third kappa shape index (κ3) is 1.54. The Bertz CT molecular complexity index is 332. The van der Waals surface area contributed by atoms with Crippen LogP contribution in [0.2, 0.25) is 0 Å². The van der Waals surface area contributed by atoms with E-state index in [9.17, 15) is 4.39 Å². The van der Waals surface area contributed by atoms with E-state index in [2.05, 4.69) is 23.2 Å². The number of halogens is 1. The lowest BCUT2D eigenvalue weighted by Gasteiger charge is -2.37. The topological polar surface area (TPSA) is 15.3 Å². The first-order valence-corrected chi connectivity index (χ1v) is 4.88. The predicted molar refractivity (Wildman–Crippen MR) is 57.8 cm³/mol. The summed E-state index contributed by atoms with van der Waals surface area (Å²) in [5.41, 5.74) is 3.45. The third-order valence-corrected chi connectivity index (χ3v) is 2.66. The smallest absolute Gasteiger partial charge is 0.135 e. The van der Waals surface area contributed by atoms with Crippen LogP contribution in [0.3, 0.4) is 0 Å². The zero-order valence-electron chi connectivity index (χ0n) is 8.55. The minimum atomic E-state index is -0.640. The molecule has 0 aliphatic carbocycles. The van der Waals surface area contributed by atoms with E-state index in [4.69, 9.17) is 0 Å². The first kappa shape index (κ1) is 9.31. The summed E-state index contributed by atoms with van der Waals surface area (Å²) in [6, 6.07) is 6.15. The molecule has 76 valence electrons. The van der Waals surface area contributed by atoms with Gasteiger partial charge in [0.25, 0.3) is 0 Å². The van der Waals surface area contributed by atoms with Crippen LogP contribution in [0.25, 0.3) is 0 Å². The molecule has 1 aromatic rings. The van der Waals surface area contributed by atoms with Crippen molar-refractivity contribution in [3.8, 4) is 0 Å². The van der Waals surface area contributed by atoms with E-state index in [0.29, 0.717) is 13.1 Å². The van der Waals surface area contributed by atoms with Crippen molar-refractivity contribution in [2.75, 3.05) is 30.4 Å². The maximum atomic E-state index is 12.7. The van der Waals surface area contributed by atoms with Gasteiger partial charge in [-0.2, -0.15) is 0 Å². The van der Waals surface area contributed by atoms with Crippen LogP contribution in [0.4, 0.5) is 15.8 Å². The summed E-state index contributed by atoms with van der Waals surface area (Å²) in [5.74, 6) is 0. The highest BCUT2D eigenvalue weighted by atomic mass is 19.1. The second-order valence-corrected chi connectivity index (χ2v) is 3.75. The van der Waals surface area contributed by atoms with Crippen molar-refractivity contribution in [3.63, 3.8) is 0 Å². The molecule has 1 aliphatic rings. The van der Waals surface area contributed by atoms with Crippen molar-refractivity contribution in [1.82, 2.24) is 0 Å². The van der Waals surface area contributed by atoms with Gasteiger partial charge >= 0.3 is 0 Å². The molecule has 0 saturated carbocycles. The van der Waals surface area contributed by atoms with E-state index < -0.39 is 6.17 Å². The molecule has 1 aliphatic heterocycles. The number of nitrogens with one attached hydrogen (secondary N) is 1. The summed E-state index contributed by atoms with van der Waals surface area (Å²) in [6.45, 7) is 3.14. The van der Waals surface area contributed by atoms with E-state index in [-0.39, 0.29) is 0 Å². The first-order chi connectivity index (χ1) is 6.70. The van der Waals surface area contributed by atoms with Crippen molar-refractivity contribution < 1.29 is 4.39 Å². The minimum absolute atomic E-state index is 0.541. The molecule has 0 amide bonds. The molecule has 14 heavy (non-hydrogen) atoms. The Hall–Kier alpha value is -1.25. The van der Waals surface area contributed by atoms with Crippen LogP contribution in [-0.4, -0.2) is 26.3 Å². The van der Waals surface area contributed by atoms with Crippen LogP contribution in [0.15, 0.2) is 18.2 Å². The van der Waals surface area contributed by atoms with Crippen molar-refractivity contribution in [1.29, 1.82) is 0 Å². The maximum Gasteiger partial charge on any atom is 0.135 e. The number of hydrogen-bond donors (Lipinski definition) is 1. The monoisotopic (exact) mass is 194 g/mol. The molecule has 2 rings (SSSR count). The number of hydrogen-bond acceptors (Lipinski definition) is 2. The largest absolute Gasteiger partial charge is 0.388 e. The fraction of sp³-hybridized carbons (Fsp3) is 0.455. The zero-order chi connectivity index (χ0) is 10.1. The van der Waals surface area contributed by atoms with Crippen molar-refractivity contribution in [3.05, 3.63) is 23.8 Å². The van der Waals surface area contributed by atoms with Crippen molar-refractivity contribution >= 4 is 11.4 Å². The lowest BCUT2D eigenvalue weighted by molar-refractivity contribution is 0.274. The molecule has 1 N–H and O–H groups in total. The molecular weight excluding hydrogens is 179 g/mol. The summed E-state index contributed by atoms with van der Waals surface area (Å²) >= 11 is 0. The molecule has 0 atom stereocenters. The second-order valence-electron chi connectivity index (χ2n) is 3.75. The van der Waals surface area contributed by atoms with Gasteiger partial charge < -0.3 is 10.2 Å². The molecule has 0 spiro atoms. The summed E-state index contributed by atoms with van der Waals surface area (Å²) in [6.07, 6.45) is -0.640. The predicted octanol–water partition coefficient (Wildman–Crippen LogP) is 2.19. The van der Waals surface area contributed by atoms with Crippen molar-refractivity contribution in [2.24, 2.45) is 0 Å². The number of anilines is 2. The Morgan fingerprint density at radius 1 is 1.43 bits per heavy atom. The average molecular weight is 194 g/mol. The molecule has 0 radical (unpaired) electrons. The van der Waals surface area contributed by atoms with Crippen molar-refractivity contribution in [2.45, 2.75) is 13.1 Å². The van der Waals surface area contributed by atoms with Gasteiger partial charge in [0.1, 0.15) is 6.17 Å². The van der Waals surface area contributed by atoms with Gasteiger partial charge in [0, 0.05) is 18.4 Å². The molecule has 1 saturated heterocycles. The lowest BCUT2D eigenvalue weighted by atomic mass is 10.1. The Balaban J connectivity index is 2.18. The van der Waals surface area contributed by atoms with Gasteiger partial charge in [0.05, 0.1) is 13.1 Å². The third-order valence-electron chi connectivity index (χ3n) is 2.66. The molecule has 0 unspecified atom stereocenters. The second kappa shape index (κ2) is 3.48. The highest BCUT2D eigenvalue weighted by Crippen LogP contribution is 2.27. The standard InChI is InChI=1S/C11H15FN2/c1-8-5-10(13-2)3-4-11(8)14-6-9(12)7-14/h3-5,9,13H,6-7H2,1-2H3. The van der Waals surface area contributed by atoms with Gasteiger partial charge in [-0.1, -0.05) is 0 Å². The van der Waals surface area contributed by atoms with E-state index in [1.807, 2.05) is 19.2 Å². The molecule has 1 heterocycles. The number of rotatable bonds is 2. The van der Waals surface area contributed by atoms with Gasteiger partial charge in [-0.15, -0.1) is 0 Å². The summed E-state index contributed by atoms with van der Waals surface area (Å²) in [7, 11) is 1.90. The van der Waals surface area contributed by atoms with Gasteiger partial charge in [-0.3, -0.25) is 0 Å². The van der Waals surface area contributed by atoms with Crippen LogP contribution >= 0.6 is 0 Å². The van der Waals surface area contributed by atoms with Crippen LogP contribution < -0.4 is 10.2 Å². The van der Waals surface area contributed by atoms with Gasteiger partial charge in [0.2, 0.25) is 0 Å². The van der Waals surface area contributed by atoms with Crippen LogP contribution in [0, 0.1) is 6.92 Å². The van der Waals surface area contributed by atoms with Gasteiger partial charge in [-0.25, -0.2) is 4.39 Å².